The molecule has 0 amide bonds. The average Bonchev–Trinajstić information content (AvgIpc) is 2.58. The number of aromatic amines is 3. The zero-order chi connectivity index (χ0) is 20.3. The Labute approximate surface area is 159 Å². The van der Waals surface area contributed by atoms with E-state index in [2.05, 4.69) is 6.92 Å². The number of carboxylic acids is 1. The van der Waals surface area contributed by atoms with Crippen LogP contribution in [0.25, 0.3) is 0 Å². The molecule has 0 radical (unpaired) electrons. The predicted octanol–water partition coefficient (Wildman–Crippen LogP) is 3.30. The summed E-state index contributed by atoms with van der Waals surface area (Å²) in [6, 6.07) is 0. The number of carboxylic acid groups (broad SMARTS) is 1. The highest BCUT2D eigenvalue weighted by Crippen LogP contribution is 2.12. The van der Waals surface area contributed by atoms with Crippen molar-refractivity contribution in [1.82, 2.24) is 15.0 Å². The molecule has 156 valence electrons. The molecule has 0 aromatic carbocycles. The van der Waals surface area contributed by atoms with E-state index < -0.39 is 23.0 Å². The van der Waals surface area contributed by atoms with Gasteiger partial charge in [0.1, 0.15) is 0 Å². The summed E-state index contributed by atoms with van der Waals surface area (Å²) in [4.78, 5) is 46.2. The molecule has 8 heteroatoms. The Bertz CT molecular complexity index is 569. The first kappa shape index (κ1) is 24.9. The van der Waals surface area contributed by atoms with Crippen LogP contribution in [0.4, 0.5) is 0 Å². The average molecular weight is 386 g/mol. The maximum absolute atomic E-state index is 10.3. The maximum Gasteiger partial charge on any atom is 0.330 e. The molecule has 1 rings (SSSR count). The van der Waals surface area contributed by atoms with E-state index in [0.29, 0.717) is 6.42 Å². The molecule has 8 nitrogen and oxygen atoms in total. The quantitative estimate of drug-likeness (QED) is 0.364. The molecule has 0 saturated heterocycles. The maximum atomic E-state index is 10.3. The van der Waals surface area contributed by atoms with E-state index in [9.17, 15) is 19.2 Å². The van der Waals surface area contributed by atoms with Crippen molar-refractivity contribution < 1.29 is 9.90 Å². The summed E-state index contributed by atoms with van der Waals surface area (Å²) >= 11 is 0. The molecule has 0 atom stereocenters. The van der Waals surface area contributed by atoms with Gasteiger partial charge in [0.05, 0.1) is 0 Å². The molecule has 0 aliphatic heterocycles. The second-order valence-electron chi connectivity index (χ2n) is 6.75. The van der Waals surface area contributed by atoms with Gasteiger partial charge in [0.15, 0.2) is 0 Å². The van der Waals surface area contributed by atoms with E-state index in [1.807, 2.05) is 0 Å². The molecule has 4 N–H and O–H groups in total. The molecular formula is C19H35N3O5. The minimum atomic E-state index is -0.802. The molecule has 0 saturated carbocycles. The highest BCUT2D eigenvalue weighted by molar-refractivity contribution is 5.66. The fourth-order valence-electron chi connectivity index (χ4n) is 2.70. The molecule has 27 heavy (non-hydrogen) atoms. The lowest BCUT2D eigenvalue weighted by Crippen LogP contribution is -2.34. The van der Waals surface area contributed by atoms with Gasteiger partial charge in [-0.3, -0.25) is 19.7 Å². The van der Waals surface area contributed by atoms with Crippen LogP contribution in [0.1, 0.15) is 96.8 Å². The molecule has 1 aromatic heterocycles. The number of nitrogens with one attached hydrogen (secondary N) is 3. The zero-order valence-electron chi connectivity index (χ0n) is 16.5. The number of H-pyrrole nitrogens is 3. The van der Waals surface area contributed by atoms with Crippen LogP contribution in [0, 0.1) is 0 Å². The Kier molecular flexibility index (Phi) is 15.9. The molecule has 0 unspecified atom stereocenters. The smallest absolute Gasteiger partial charge is 0.330 e. The summed E-state index contributed by atoms with van der Waals surface area (Å²) in [6.45, 7) is 2.26. The first-order valence-corrected chi connectivity index (χ1v) is 10.1. The summed E-state index contributed by atoms with van der Waals surface area (Å²) in [6.07, 6.45) is 17.3. The summed E-state index contributed by atoms with van der Waals surface area (Å²) in [5, 5.41) is 8.49. The van der Waals surface area contributed by atoms with Crippen LogP contribution in [0.15, 0.2) is 14.4 Å². The van der Waals surface area contributed by atoms with Crippen molar-refractivity contribution in [3.63, 3.8) is 0 Å². The second-order valence-corrected chi connectivity index (χ2v) is 6.75. The Morgan fingerprint density at radius 3 is 1.22 bits per heavy atom. The number of hydrogen-bond donors (Lipinski definition) is 4. The van der Waals surface area contributed by atoms with Crippen LogP contribution in [0.2, 0.25) is 0 Å². The van der Waals surface area contributed by atoms with Crippen LogP contribution < -0.4 is 17.1 Å². The molecule has 1 heterocycles. The third-order valence-electron chi connectivity index (χ3n) is 4.18. The molecule has 0 aliphatic carbocycles. The first-order chi connectivity index (χ1) is 13.0. The Balaban J connectivity index is 0.000000621. The minimum absolute atomic E-state index is 0.345. The highest BCUT2D eigenvalue weighted by Gasteiger charge is 1.96. The van der Waals surface area contributed by atoms with E-state index >= 15 is 0 Å². The van der Waals surface area contributed by atoms with E-state index in [0.717, 1.165) is 12.8 Å². The predicted molar refractivity (Wildman–Crippen MR) is 106 cm³/mol. The molecular weight excluding hydrogens is 350 g/mol. The summed E-state index contributed by atoms with van der Waals surface area (Å²) < 4.78 is 0. The van der Waals surface area contributed by atoms with Gasteiger partial charge < -0.3 is 5.11 Å². The number of unbranched alkanes of at least 4 members (excludes halogenated alkanes) is 12. The first-order valence-electron chi connectivity index (χ1n) is 10.1. The lowest BCUT2D eigenvalue weighted by Gasteiger charge is -2.02. The lowest BCUT2D eigenvalue weighted by atomic mass is 10.0. The van der Waals surface area contributed by atoms with E-state index in [-0.39, 0.29) is 0 Å². The summed E-state index contributed by atoms with van der Waals surface area (Å²) in [5.74, 6) is -0.655. The topological polar surface area (TPSA) is 136 Å². The van der Waals surface area contributed by atoms with Crippen molar-refractivity contribution in [3.05, 3.63) is 31.5 Å². The number of hydrogen-bond acceptors (Lipinski definition) is 4. The number of aliphatic carboxylic acids is 1. The number of rotatable bonds is 14. The Hall–Kier alpha value is -2.12. The third kappa shape index (κ3) is 18.5. The monoisotopic (exact) mass is 385 g/mol. The van der Waals surface area contributed by atoms with Gasteiger partial charge in [-0.05, 0) is 6.42 Å². The van der Waals surface area contributed by atoms with Gasteiger partial charge in [-0.15, -0.1) is 0 Å². The van der Waals surface area contributed by atoms with Crippen LogP contribution in [0.5, 0.6) is 0 Å². The van der Waals surface area contributed by atoms with Crippen molar-refractivity contribution in [3.8, 4) is 0 Å². The molecule has 0 fully saturated rings. The van der Waals surface area contributed by atoms with Crippen LogP contribution in [-0.2, 0) is 4.79 Å². The minimum Gasteiger partial charge on any atom is -0.481 e. The summed E-state index contributed by atoms with van der Waals surface area (Å²) in [5.41, 5.74) is -2.41. The van der Waals surface area contributed by atoms with Crippen LogP contribution >= 0.6 is 0 Å². The van der Waals surface area contributed by atoms with Gasteiger partial charge in [-0.25, -0.2) is 14.4 Å². The second kappa shape index (κ2) is 17.3. The standard InChI is InChI=1S/C16H32O2.C3H3N3O3/c1-2-3-4-5-6-7-8-9-10-11-12-13-14-15-16(17)18;7-1-4-2(8)6-3(9)5-1/h2-15H2,1H3,(H,17,18);(H3,4,5,6,7,8,9). The van der Waals surface area contributed by atoms with Gasteiger partial charge in [0, 0.05) is 6.42 Å². The highest BCUT2D eigenvalue weighted by atomic mass is 16.4. The van der Waals surface area contributed by atoms with Crippen molar-refractivity contribution in [2.45, 2.75) is 96.8 Å². The fraction of sp³-hybridized carbons (Fsp3) is 0.789. The van der Waals surface area contributed by atoms with E-state index in [1.54, 1.807) is 15.0 Å². The van der Waals surface area contributed by atoms with Crippen LogP contribution in [0.3, 0.4) is 0 Å². The Morgan fingerprint density at radius 1 is 0.630 bits per heavy atom. The largest absolute Gasteiger partial charge is 0.481 e. The third-order valence-corrected chi connectivity index (χ3v) is 4.18. The fourth-order valence-corrected chi connectivity index (χ4v) is 2.70. The SMILES string of the molecule is CCCCCCCCCCCCCCCC(=O)O.O=c1[nH]c(=O)[nH]c(=O)[nH]1. The van der Waals surface area contributed by atoms with Gasteiger partial charge in [0.25, 0.3) is 0 Å². The van der Waals surface area contributed by atoms with Gasteiger partial charge in [-0.1, -0.05) is 84.0 Å². The Morgan fingerprint density at radius 2 is 0.926 bits per heavy atom. The molecule has 0 spiro atoms. The van der Waals surface area contributed by atoms with Crippen molar-refractivity contribution in [1.29, 1.82) is 0 Å². The van der Waals surface area contributed by atoms with Gasteiger partial charge >= 0.3 is 23.0 Å². The molecule has 1 aromatic rings. The van der Waals surface area contributed by atoms with Crippen molar-refractivity contribution in [2.75, 3.05) is 0 Å². The molecule has 0 aliphatic rings. The number of aromatic nitrogens is 3. The van der Waals surface area contributed by atoms with Crippen molar-refractivity contribution >= 4 is 5.97 Å². The lowest BCUT2D eigenvalue weighted by molar-refractivity contribution is -0.137. The normalized spacial score (nSPS) is 10.3. The van der Waals surface area contributed by atoms with Crippen molar-refractivity contribution in [2.24, 2.45) is 0 Å². The number of carbonyl (C=O) groups is 1. The molecule has 0 bridgehead atoms. The van der Waals surface area contributed by atoms with Gasteiger partial charge in [0.2, 0.25) is 0 Å². The van der Waals surface area contributed by atoms with Gasteiger partial charge in [-0.2, -0.15) is 0 Å². The summed E-state index contributed by atoms with van der Waals surface area (Å²) in [7, 11) is 0. The van der Waals surface area contributed by atoms with E-state index in [1.165, 1.54) is 70.6 Å². The zero-order valence-corrected chi connectivity index (χ0v) is 16.5. The van der Waals surface area contributed by atoms with Crippen LogP contribution in [-0.4, -0.2) is 26.0 Å². The van der Waals surface area contributed by atoms with E-state index in [4.69, 9.17) is 5.11 Å².